The lowest BCUT2D eigenvalue weighted by atomic mass is 9.99. The van der Waals surface area contributed by atoms with Crippen molar-refractivity contribution >= 4 is 11.9 Å². The van der Waals surface area contributed by atoms with Crippen LogP contribution in [0.1, 0.15) is 60.9 Å². The monoisotopic (exact) mass is 371 g/mol. The third-order valence-electron chi connectivity index (χ3n) is 5.82. The van der Waals surface area contributed by atoms with Gasteiger partial charge in [-0.2, -0.15) is 0 Å². The Bertz CT molecular complexity index is 676. The molecule has 1 aliphatic carbocycles. The molecule has 0 unspecified atom stereocenters. The first-order valence-corrected chi connectivity index (χ1v) is 10.0. The molecule has 1 aromatic rings. The molecule has 1 heterocycles. The maximum Gasteiger partial charge on any atom is 0.335 e. The number of hydrogen-bond donors (Lipinski definition) is 2. The largest absolute Gasteiger partial charge is 0.478 e. The van der Waals surface area contributed by atoms with Crippen molar-refractivity contribution in [3.63, 3.8) is 0 Å². The van der Waals surface area contributed by atoms with E-state index >= 15 is 0 Å². The zero-order chi connectivity index (χ0) is 19.2. The molecule has 5 nitrogen and oxygen atoms in total. The van der Waals surface area contributed by atoms with Crippen LogP contribution in [-0.2, 0) is 11.2 Å². The molecule has 1 saturated carbocycles. The summed E-state index contributed by atoms with van der Waals surface area (Å²) in [6, 6.07) is 6.86. The summed E-state index contributed by atoms with van der Waals surface area (Å²) in [6.07, 6.45) is 11.3. The second-order valence-corrected chi connectivity index (χ2v) is 7.78. The van der Waals surface area contributed by atoms with E-state index in [2.05, 4.69) is 0 Å². The van der Waals surface area contributed by atoms with Gasteiger partial charge in [0.1, 0.15) is 0 Å². The molecule has 2 fully saturated rings. The van der Waals surface area contributed by atoms with Gasteiger partial charge in [0, 0.05) is 13.0 Å². The summed E-state index contributed by atoms with van der Waals surface area (Å²) in [4.78, 5) is 25.0. The number of nitrogens with zero attached hydrogens (tertiary/aromatic N) is 1. The number of carbonyl (C=O) groups excluding carboxylic acids is 1. The molecule has 2 N–H and O–H groups in total. The molecule has 146 valence electrons. The molecule has 3 rings (SSSR count). The lowest BCUT2D eigenvalue weighted by molar-refractivity contribution is -0.128. The number of carboxylic acid groups (broad SMARTS) is 1. The van der Waals surface area contributed by atoms with Crippen molar-refractivity contribution in [3.8, 4) is 0 Å². The molecular formula is C22H29NO4. The van der Waals surface area contributed by atoms with E-state index in [-0.39, 0.29) is 17.5 Å². The highest BCUT2D eigenvalue weighted by Crippen LogP contribution is 2.29. The molecule has 0 spiro atoms. The number of rotatable bonds is 8. The van der Waals surface area contributed by atoms with Gasteiger partial charge < -0.3 is 15.1 Å². The highest BCUT2D eigenvalue weighted by atomic mass is 16.4. The minimum absolute atomic E-state index is 0.0500. The molecule has 0 radical (unpaired) electrons. The Hall–Kier alpha value is -2.14. The van der Waals surface area contributed by atoms with Gasteiger partial charge in [-0.1, -0.05) is 50.0 Å². The Balaban J connectivity index is 1.52. The van der Waals surface area contributed by atoms with Gasteiger partial charge in [0.05, 0.1) is 17.7 Å². The molecule has 1 aromatic carbocycles. The van der Waals surface area contributed by atoms with Crippen LogP contribution in [0, 0.1) is 5.92 Å². The molecular weight excluding hydrogens is 342 g/mol. The number of aliphatic hydroxyl groups is 1. The van der Waals surface area contributed by atoms with Gasteiger partial charge in [-0.15, -0.1) is 0 Å². The minimum Gasteiger partial charge on any atom is -0.478 e. The lowest BCUT2D eigenvalue weighted by Crippen LogP contribution is -2.33. The number of hydrogen-bond acceptors (Lipinski definition) is 3. The van der Waals surface area contributed by atoms with Gasteiger partial charge in [-0.25, -0.2) is 4.79 Å². The Labute approximate surface area is 160 Å². The molecule has 1 amide bonds. The van der Waals surface area contributed by atoms with E-state index in [9.17, 15) is 14.7 Å². The summed E-state index contributed by atoms with van der Waals surface area (Å²) in [5.41, 5.74) is 1.29. The van der Waals surface area contributed by atoms with Crippen LogP contribution in [0.2, 0.25) is 0 Å². The molecule has 2 atom stereocenters. The molecule has 1 aliphatic heterocycles. The molecule has 27 heavy (non-hydrogen) atoms. The first-order valence-electron chi connectivity index (χ1n) is 10.0. The van der Waals surface area contributed by atoms with E-state index in [1.54, 1.807) is 24.3 Å². The van der Waals surface area contributed by atoms with Crippen molar-refractivity contribution in [1.82, 2.24) is 4.90 Å². The van der Waals surface area contributed by atoms with Crippen molar-refractivity contribution in [1.29, 1.82) is 0 Å². The first kappa shape index (κ1) is 19.6. The Morgan fingerprint density at radius 3 is 2.56 bits per heavy atom. The summed E-state index contributed by atoms with van der Waals surface area (Å²) >= 11 is 0. The van der Waals surface area contributed by atoms with Crippen LogP contribution in [0.5, 0.6) is 0 Å². The SMILES string of the molecule is O=C(O)c1ccc(CCN2C(=O)CC[C@@H]2/C=C/[C@H](O)CC2CCCC2)cc1. The third-order valence-corrected chi connectivity index (χ3v) is 5.82. The fraction of sp³-hybridized carbons (Fsp3) is 0.545. The number of aliphatic hydroxyl groups excluding tert-OH is 1. The quantitative estimate of drug-likeness (QED) is 0.687. The standard InChI is InChI=1S/C22H29NO4/c24-20(15-17-3-1-2-4-17)11-9-19-10-12-21(25)23(19)14-13-16-5-7-18(8-6-16)22(26)27/h5-9,11,17,19-20,24H,1-4,10,12-15H2,(H,26,27)/b11-9+/t19-,20-/m0/s1. The summed E-state index contributed by atoms with van der Waals surface area (Å²) in [6.45, 7) is 0.610. The Morgan fingerprint density at radius 1 is 1.19 bits per heavy atom. The molecule has 0 aromatic heterocycles. The summed E-state index contributed by atoms with van der Waals surface area (Å²) in [7, 11) is 0. The van der Waals surface area contributed by atoms with E-state index in [1.807, 2.05) is 17.1 Å². The second kappa shape index (κ2) is 9.18. The predicted molar refractivity (Wildman–Crippen MR) is 104 cm³/mol. The van der Waals surface area contributed by atoms with Crippen molar-refractivity contribution < 1.29 is 19.8 Å². The predicted octanol–water partition coefficient (Wildman–Crippen LogP) is 3.42. The zero-order valence-corrected chi connectivity index (χ0v) is 15.7. The maximum absolute atomic E-state index is 12.2. The number of benzene rings is 1. The van der Waals surface area contributed by atoms with Crippen molar-refractivity contribution in [2.75, 3.05) is 6.54 Å². The molecule has 0 bridgehead atoms. The zero-order valence-electron chi connectivity index (χ0n) is 15.7. The number of carboxylic acids is 1. The lowest BCUT2D eigenvalue weighted by Gasteiger charge is -2.23. The van der Waals surface area contributed by atoms with Crippen molar-refractivity contribution in [2.24, 2.45) is 5.92 Å². The van der Waals surface area contributed by atoms with E-state index in [0.29, 0.717) is 25.3 Å². The molecule has 1 saturated heterocycles. The van der Waals surface area contributed by atoms with Gasteiger partial charge in [-0.3, -0.25) is 4.79 Å². The van der Waals surface area contributed by atoms with Crippen LogP contribution in [0.15, 0.2) is 36.4 Å². The van der Waals surface area contributed by atoms with Crippen LogP contribution in [0.3, 0.4) is 0 Å². The summed E-state index contributed by atoms with van der Waals surface area (Å²) in [5.74, 6) is -0.144. The van der Waals surface area contributed by atoms with E-state index in [4.69, 9.17) is 5.11 Å². The number of carbonyl (C=O) groups is 2. The third kappa shape index (κ3) is 5.42. The first-order chi connectivity index (χ1) is 13.0. The van der Waals surface area contributed by atoms with Gasteiger partial charge in [0.15, 0.2) is 0 Å². The average Bonchev–Trinajstić information content (AvgIpc) is 3.28. The smallest absolute Gasteiger partial charge is 0.335 e. The second-order valence-electron chi connectivity index (χ2n) is 7.78. The normalized spacial score (nSPS) is 22.0. The van der Waals surface area contributed by atoms with E-state index < -0.39 is 12.1 Å². The van der Waals surface area contributed by atoms with Crippen LogP contribution in [0.25, 0.3) is 0 Å². The Morgan fingerprint density at radius 2 is 1.89 bits per heavy atom. The number of aromatic carboxylic acids is 1. The van der Waals surface area contributed by atoms with Gasteiger partial charge >= 0.3 is 5.97 Å². The van der Waals surface area contributed by atoms with Crippen LogP contribution < -0.4 is 0 Å². The van der Waals surface area contributed by atoms with Crippen LogP contribution >= 0.6 is 0 Å². The topological polar surface area (TPSA) is 77.8 Å². The van der Waals surface area contributed by atoms with E-state index in [1.165, 1.54) is 25.7 Å². The minimum atomic E-state index is -0.933. The maximum atomic E-state index is 12.2. The summed E-state index contributed by atoms with van der Waals surface area (Å²) in [5, 5.41) is 19.2. The van der Waals surface area contributed by atoms with E-state index in [0.717, 1.165) is 18.4 Å². The van der Waals surface area contributed by atoms with Crippen molar-refractivity contribution in [3.05, 3.63) is 47.5 Å². The summed E-state index contributed by atoms with van der Waals surface area (Å²) < 4.78 is 0. The average molecular weight is 371 g/mol. The van der Waals surface area contributed by atoms with Gasteiger partial charge in [0.25, 0.3) is 0 Å². The fourth-order valence-electron chi connectivity index (χ4n) is 4.23. The van der Waals surface area contributed by atoms with Gasteiger partial charge in [-0.05, 0) is 42.9 Å². The van der Waals surface area contributed by atoms with Crippen molar-refractivity contribution in [2.45, 2.75) is 63.5 Å². The molecule has 5 heteroatoms. The fourth-order valence-corrected chi connectivity index (χ4v) is 4.23. The highest BCUT2D eigenvalue weighted by Gasteiger charge is 2.29. The highest BCUT2D eigenvalue weighted by molar-refractivity contribution is 5.87. The van der Waals surface area contributed by atoms with Gasteiger partial charge in [0.2, 0.25) is 5.91 Å². The number of amides is 1. The van der Waals surface area contributed by atoms with Crippen LogP contribution in [0.4, 0.5) is 0 Å². The van der Waals surface area contributed by atoms with Crippen LogP contribution in [-0.4, -0.2) is 45.7 Å². The molecule has 2 aliphatic rings. The Kier molecular flexibility index (Phi) is 6.67. The number of likely N-dealkylation sites (tertiary alicyclic amines) is 1.